The first kappa shape index (κ1) is 12.9. The largest absolute Gasteiger partial charge is 0.398 e. The highest BCUT2D eigenvalue weighted by Crippen LogP contribution is 2.25. The number of nitrogens with two attached hydrogens (primary N) is 1. The second-order valence-electron chi connectivity index (χ2n) is 4.02. The molecule has 0 amide bonds. The van der Waals surface area contributed by atoms with Crippen LogP contribution in [-0.4, -0.2) is 5.75 Å². The predicted octanol–water partition coefficient (Wildman–Crippen LogP) is 3.47. The first-order chi connectivity index (χ1) is 7.67. The molecule has 0 bridgehead atoms. The van der Waals surface area contributed by atoms with Gasteiger partial charge in [-0.15, -0.1) is 11.8 Å². The molecule has 1 rings (SSSR count). The molecule has 0 aliphatic carbocycles. The summed E-state index contributed by atoms with van der Waals surface area (Å²) >= 11 is 1.84. The second kappa shape index (κ2) is 6.44. The van der Waals surface area contributed by atoms with E-state index in [0.29, 0.717) is 6.42 Å². The molecule has 0 saturated carbocycles. The standard InChI is InChI=1S/C13H18N2S/c1-3-10(2)9-16-12-4-5-13(15)11(8-12)6-7-14/h4-5,8,10H,3,6,9,15H2,1-2H3. The SMILES string of the molecule is CCC(C)CSc1ccc(N)c(CC#N)c1. The number of nitriles is 1. The quantitative estimate of drug-likeness (QED) is 0.627. The predicted molar refractivity (Wildman–Crippen MR) is 70.4 cm³/mol. The molecule has 0 fully saturated rings. The smallest absolute Gasteiger partial charge is 0.0670 e. The van der Waals surface area contributed by atoms with Crippen LogP contribution in [0.4, 0.5) is 5.69 Å². The van der Waals surface area contributed by atoms with Crippen LogP contribution in [0.2, 0.25) is 0 Å². The number of nitrogen functional groups attached to an aromatic ring is 1. The molecule has 2 N–H and O–H groups in total. The Morgan fingerprint density at radius 1 is 1.50 bits per heavy atom. The lowest BCUT2D eigenvalue weighted by atomic mass is 10.1. The Kier molecular flexibility index (Phi) is 5.21. The zero-order chi connectivity index (χ0) is 12.0. The summed E-state index contributed by atoms with van der Waals surface area (Å²) in [5.41, 5.74) is 7.46. The van der Waals surface area contributed by atoms with Gasteiger partial charge in [-0.1, -0.05) is 20.3 Å². The number of nitrogens with zero attached hydrogens (tertiary/aromatic N) is 1. The third-order valence-corrected chi connectivity index (χ3v) is 3.94. The van der Waals surface area contributed by atoms with Gasteiger partial charge in [0.2, 0.25) is 0 Å². The Morgan fingerprint density at radius 2 is 2.25 bits per heavy atom. The molecule has 1 aromatic carbocycles. The van der Waals surface area contributed by atoms with Gasteiger partial charge >= 0.3 is 0 Å². The molecular formula is C13H18N2S. The van der Waals surface area contributed by atoms with Crippen LogP contribution in [0, 0.1) is 17.2 Å². The van der Waals surface area contributed by atoms with E-state index in [0.717, 1.165) is 22.9 Å². The maximum Gasteiger partial charge on any atom is 0.0670 e. The summed E-state index contributed by atoms with van der Waals surface area (Å²) in [6, 6.07) is 8.10. The monoisotopic (exact) mass is 234 g/mol. The maximum absolute atomic E-state index is 8.68. The summed E-state index contributed by atoms with van der Waals surface area (Å²) in [5, 5.41) is 8.68. The second-order valence-corrected chi connectivity index (χ2v) is 5.11. The van der Waals surface area contributed by atoms with Crippen molar-refractivity contribution in [2.45, 2.75) is 31.6 Å². The minimum Gasteiger partial charge on any atom is -0.398 e. The van der Waals surface area contributed by atoms with E-state index in [1.165, 1.54) is 11.3 Å². The van der Waals surface area contributed by atoms with Crippen LogP contribution in [0.5, 0.6) is 0 Å². The number of thioether (sulfide) groups is 1. The lowest BCUT2D eigenvalue weighted by Crippen LogP contribution is -1.97. The lowest BCUT2D eigenvalue weighted by Gasteiger charge is -2.09. The molecule has 0 heterocycles. The van der Waals surface area contributed by atoms with Crippen molar-refractivity contribution in [1.82, 2.24) is 0 Å². The van der Waals surface area contributed by atoms with Gasteiger partial charge in [0.1, 0.15) is 0 Å². The fourth-order valence-electron chi connectivity index (χ4n) is 1.27. The Hall–Kier alpha value is -1.14. The van der Waals surface area contributed by atoms with Gasteiger partial charge in [0.25, 0.3) is 0 Å². The summed E-state index contributed by atoms with van der Waals surface area (Å²) in [6.07, 6.45) is 1.59. The van der Waals surface area contributed by atoms with Crippen LogP contribution in [0.25, 0.3) is 0 Å². The van der Waals surface area contributed by atoms with Crippen molar-refractivity contribution in [2.24, 2.45) is 5.92 Å². The molecule has 1 unspecified atom stereocenters. The van der Waals surface area contributed by atoms with Crippen LogP contribution in [0.3, 0.4) is 0 Å². The summed E-state index contributed by atoms with van der Waals surface area (Å²) in [5.74, 6) is 1.84. The number of rotatable bonds is 5. The fourth-order valence-corrected chi connectivity index (χ4v) is 2.37. The maximum atomic E-state index is 8.68. The van der Waals surface area contributed by atoms with Crippen molar-refractivity contribution in [3.8, 4) is 6.07 Å². The minimum absolute atomic E-state index is 0.392. The molecule has 3 heteroatoms. The van der Waals surface area contributed by atoms with Crippen molar-refractivity contribution in [2.75, 3.05) is 11.5 Å². The van der Waals surface area contributed by atoms with Crippen LogP contribution in [0.1, 0.15) is 25.8 Å². The van der Waals surface area contributed by atoms with Crippen molar-refractivity contribution < 1.29 is 0 Å². The molecule has 0 spiro atoms. The Balaban J connectivity index is 2.68. The zero-order valence-corrected chi connectivity index (χ0v) is 10.7. The highest BCUT2D eigenvalue weighted by molar-refractivity contribution is 7.99. The molecular weight excluding hydrogens is 216 g/mol. The van der Waals surface area contributed by atoms with Crippen molar-refractivity contribution in [3.63, 3.8) is 0 Å². The minimum atomic E-state index is 0.392. The van der Waals surface area contributed by atoms with E-state index in [1.807, 2.05) is 30.0 Å². The van der Waals surface area contributed by atoms with Crippen molar-refractivity contribution in [1.29, 1.82) is 5.26 Å². The Labute approximate surface area is 102 Å². The highest BCUT2D eigenvalue weighted by Gasteiger charge is 2.04. The third-order valence-electron chi connectivity index (χ3n) is 2.62. The van der Waals surface area contributed by atoms with Crippen molar-refractivity contribution in [3.05, 3.63) is 23.8 Å². The van der Waals surface area contributed by atoms with Gasteiger partial charge in [-0.05, 0) is 29.7 Å². The lowest BCUT2D eigenvalue weighted by molar-refractivity contribution is 0.637. The third kappa shape index (κ3) is 3.79. The molecule has 0 aliphatic heterocycles. The van der Waals surface area contributed by atoms with Crippen LogP contribution in [-0.2, 0) is 6.42 Å². The molecule has 2 nitrogen and oxygen atoms in total. The molecule has 0 radical (unpaired) electrons. The van der Waals surface area contributed by atoms with Gasteiger partial charge in [-0.2, -0.15) is 5.26 Å². The van der Waals surface area contributed by atoms with E-state index >= 15 is 0 Å². The van der Waals surface area contributed by atoms with Crippen molar-refractivity contribution >= 4 is 17.4 Å². The topological polar surface area (TPSA) is 49.8 Å². The van der Waals surface area contributed by atoms with Gasteiger partial charge in [0, 0.05) is 16.3 Å². The number of anilines is 1. The molecule has 0 aromatic heterocycles. The van der Waals surface area contributed by atoms with Gasteiger partial charge in [0.15, 0.2) is 0 Å². The van der Waals surface area contributed by atoms with Crippen LogP contribution < -0.4 is 5.73 Å². The molecule has 86 valence electrons. The average molecular weight is 234 g/mol. The van der Waals surface area contributed by atoms with E-state index in [4.69, 9.17) is 11.0 Å². The van der Waals surface area contributed by atoms with Gasteiger partial charge in [-0.3, -0.25) is 0 Å². The number of hydrogen-bond donors (Lipinski definition) is 1. The first-order valence-corrected chi connectivity index (χ1v) is 6.54. The van der Waals surface area contributed by atoms with Crippen LogP contribution in [0.15, 0.2) is 23.1 Å². The summed E-state index contributed by atoms with van der Waals surface area (Å²) in [7, 11) is 0. The van der Waals surface area contributed by atoms with Gasteiger partial charge < -0.3 is 5.73 Å². The van der Waals surface area contributed by atoms with E-state index in [-0.39, 0.29) is 0 Å². The first-order valence-electron chi connectivity index (χ1n) is 5.55. The Bertz CT molecular complexity index is 382. The van der Waals surface area contributed by atoms with E-state index < -0.39 is 0 Å². The molecule has 0 saturated heterocycles. The highest BCUT2D eigenvalue weighted by atomic mass is 32.2. The molecule has 1 atom stereocenters. The summed E-state index contributed by atoms with van der Waals surface area (Å²) in [4.78, 5) is 1.21. The summed E-state index contributed by atoms with van der Waals surface area (Å²) in [6.45, 7) is 4.45. The average Bonchev–Trinajstić information content (AvgIpc) is 2.30. The summed E-state index contributed by atoms with van der Waals surface area (Å²) < 4.78 is 0. The van der Waals surface area contributed by atoms with E-state index in [9.17, 15) is 0 Å². The van der Waals surface area contributed by atoms with E-state index in [1.54, 1.807) is 0 Å². The molecule has 0 aliphatic rings. The fraction of sp³-hybridized carbons (Fsp3) is 0.462. The Morgan fingerprint density at radius 3 is 2.88 bits per heavy atom. The number of hydrogen-bond acceptors (Lipinski definition) is 3. The van der Waals surface area contributed by atoms with Gasteiger partial charge in [0.05, 0.1) is 12.5 Å². The van der Waals surface area contributed by atoms with Crippen LogP contribution >= 0.6 is 11.8 Å². The van der Waals surface area contributed by atoms with Gasteiger partial charge in [-0.25, -0.2) is 0 Å². The molecule has 16 heavy (non-hydrogen) atoms. The van der Waals surface area contributed by atoms with E-state index in [2.05, 4.69) is 19.9 Å². The normalized spacial score (nSPS) is 12.1. The zero-order valence-electron chi connectivity index (χ0n) is 9.86. The number of benzene rings is 1. The molecule has 1 aromatic rings.